The largest absolute Gasteiger partial charge is 0.354 e. The molecule has 1 N–H and O–H groups in total. The molecule has 3 heterocycles. The Morgan fingerprint density at radius 2 is 2.12 bits per heavy atom. The quantitative estimate of drug-likeness (QED) is 0.449. The predicted molar refractivity (Wildman–Crippen MR) is 88.7 cm³/mol. The van der Waals surface area contributed by atoms with Gasteiger partial charge in [-0.15, -0.1) is 0 Å². The maximum Gasteiger partial charge on any atom is 0.354 e. The monoisotopic (exact) mass is 339 g/mol. The summed E-state index contributed by atoms with van der Waals surface area (Å²) in [6.07, 6.45) is 5.80. The normalized spacial score (nSPS) is 10.8. The number of fused-ring (bicyclic) bond motifs is 1. The van der Waals surface area contributed by atoms with Crippen molar-refractivity contribution in [3.05, 3.63) is 59.4 Å². The summed E-state index contributed by atoms with van der Waals surface area (Å²) in [4.78, 5) is 27.3. The van der Waals surface area contributed by atoms with Crippen LogP contribution in [0.15, 0.2) is 49.3 Å². The van der Waals surface area contributed by atoms with Crippen LogP contribution in [-0.2, 0) is 0 Å². The van der Waals surface area contributed by atoms with Crippen molar-refractivity contribution >= 4 is 38.2 Å². The molecule has 9 nitrogen and oxygen atoms in total. The summed E-state index contributed by atoms with van der Waals surface area (Å²) < 4.78 is 2.44. The molecule has 3 aromatic heterocycles. The van der Waals surface area contributed by atoms with E-state index in [-0.39, 0.29) is 17.3 Å². The third-order valence-corrected chi connectivity index (χ3v) is 4.21. The summed E-state index contributed by atoms with van der Waals surface area (Å²) in [5.41, 5.74) is 0.575. The van der Waals surface area contributed by atoms with E-state index in [1.165, 1.54) is 34.8 Å². The van der Waals surface area contributed by atoms with E-state index in [2.05, 4.69) is 25.3 Å². The molecule has 4 rings (SSSR count). The number of rotatable bonds is 4. The van der Waals surface area contributed by atoms with Crippen molar-refractivity contribution in [1.82, 2.24) is 24.5 Å². The molecule has 0 radical (unpaired) electrons. The predicted octanol–water partition coefficient (Wildman–Crippen LogP) is 2.92. The molecule has 0 aliphatic carbocycles. The molecule has 0 saturated carbocycles. The molecule has 0 saturated heterocycles. The molecule has 4 aromatic rings. The molecule has 10 heteroatoms. The average Bonchev–Trinajstić information content (AvgIpc) is 3.23. The van der Waals surface area contributed by atoms with Gasteiger partial charge in [-0.3, -0.25) is 14.7 Å². The van der Waals surface area contributed by atoms with E-state index in [0.29, 0.717) is 5.13 Å². The molecule has 0 atom stereocenters. The second-order valence-electron chi connectivity index (χ2n) is 4.73. The van der Waals surface area contributed by atoms with Crippen LogP contribution in [0.5, 0.6) is 0 Å². The zero-order chi connectivity index (χ0) is 16.5. The molecule has 0 amide bonds. The maximum atomic E-state index is 11.5. The summed E-state index contributed by atoms with van der Waals surface area (Å²) in [6, 6.07) is 7.61. The van der Waals surface area contributed by atoms with Crippen LogP contribution in [0.3, 0.4) is 0 Å². The maximum absolute atomic E-state index is 11.5. The van der Waals surface area contributed by atoms with Crippen molar-refractivity contribution in [3.8, 4) is 5.82 Å². The van der Waals surface area contributed by atoms with Crippen molar-refractivity contribution in [3.63, 3.8) is 0 Å². The number of nitrogens with one attached hydrogen (secondary N) is 1. The molecular weight excluding hydrogens is 330 g/mol. The number of imidazole rings is 1. The lowest BCUT2D eigenvalue weighted by Crippen LogP contribution is -2.06. The van der Waals surface area contributed by atoms with Gasteiger partial charge < -0.3 is 5.32 Å². The first-order chi connectivity index (χ1) is 11.7. The standard InChI is InChI=1S/C14H9N7O2S/c22-21(23)11-12(16-7-17-13(11)20-6-5-15-8-20)19-14-18-9-3-1-2-4-10(9)24-14/h1-8H,(H,16,17,18,19). The van der Waals surface area contributed by atoms with Crippen LogP contribution < -0.4 is 5.32 Å². The van der Waals surface area contributed by atoms with Gasteiger partial charge in [0.15, 0.2) is 5.13 Å². The van der Waals surface area contributed by atoms with Gasteiger partial charge in [0.25, 0.3) is 0 Å². The van der Waals surface area contributed by atoms with Crippen molar-refractivity contribution in [2.24, 2.45) is 0 Å². The third-order valence-electron chi connectivity index (χ3n) is 3.25. The van der Waals surface area contributed by atoms with Crippen LogP contribution in [0, 0.1) is 10.1 Å². The Hall–Kier alpha value is -3.40. The van der Waals surface area contributed by atoms with Gasteiger partial charge in [0, 0.05) is 12.4 Å². The van der Waals surface area contributed by atoms with E-state index in [0.717, 1.165) is 10.2 Å². The molecule has 0 unspecified atom stereocenters. The minimum Gasteiger partial charge on any atom is -0.310 e. The highest BCUT2D eigenvalue weighted by Crippen LogP contribution is 2.33. The summed E-state index contributed by atoms with van der Waals surface area (Å²) in [6.45, 7) is 0. The number of hydrogen-bond donors (Lipinski definition) is 1. The zero-order valence-electron chi connectivity index (χ0n) is 12.0. The Labute approximate surface area is 138 Å². The van der Waals surface area contributed by atoms with Gasteiger partial charge in [0.1, 0.15) is 12.7 Å². The number of aromatic nitrogens is 5. The summed E-state index contributed by atoms with van der Waals surface area (Å²) in [5, 5.41) is 15.0. The number of para-hydroxylation sites is 1. The second kappa shape index (κ2) is 5.66. The molecular formula is C14H9N7O2S. The van der Waals surface area contributed by atoms with Gasteiger partial charge in [-0.05, 0) is 12.1 Å². The average molecular weight is 339 g/mol. The Morgan fingerprint density at radius 3 is 2.88 bits per heavy atom. The molecule has 0 aliphatic rings. The molecule has 24 heavy (non-hydrogen) atoms. The van der Waals surface area contributed by atoms with Gasteiger partial charge in [-0.25, -0.2) is 19.9 Å². The lowest BCUT2D eigenvalue weighted by molar-refractivity contribution is -0.384. The van der Waals surface area contributed by atoms with E-state index in [9.17, 15) is 10.1 Å². The topological polar surface area (TPSA) is 112 Å². The molecule has 0 aliphatic heterocycles. The highest BCUT2D eigenvalue weighted by molar-refractivity contribution is 7.22. The number of nitrogens with zero attached hydrogens (tertiary/aromatic N) is 6. The minimum atomic E-state index is -0.523. The highest BCUT2D eigenvalue weighted by atomic mass is 32.1. The van der Waals surface area contributed by atoms with Gasteiger partial charge in [-0.1, -0.05) is 23.5 Å². The molecule has 118 valence electrons. The van der Waals surface area contributed by atoms with Crippen LogP contribution in [0.4, 0.5) is 16.6 Å². The van der Waals surface area contributed by atoms with E-state index in [4.69, 9.17) is 0 Å². The first-order valence-corrected chi connectivity index (χ1v) is 7.64. The number of hydrogen-bond acceptors (Lipinski definition) is 8. The van der Waals surface area contributed by atoms with Gasteiger partial charge in [0.05, 0.1) is 15.1 Å². The smallest absolute Gasteiger partial charge is 0.310 e. The number of thiazole rings is 1. The van der Waals surface area contributed by atoms with E-state index >= 15 is 0 Å². The van der Waals surface area contributed by atoms with E-state index in [1.807, 2.05) is 24.3 Å². The van der Waals surface area contributed by atoms with Crippen molar-refractivity contribution in [2.75, 3.05) is 5.32 Å². The number of nitro groups is 1. The van der Waals surface area contributed by atoms with Crippen molar-refractivity contribution in [2.45, 2.75) is 0 Å². The Bertz CT molecular complexity index is 996. The lowest BCUT2D eigenvalue weighted by Gasteiger charge is -2.06. The SMILES string of the molecule is O=[N+]([O-])c1c(Nc2nc3ccccc3s2)ncnc1-n1ccnc1. The lowest BCUT2D eigenvalue weighted by atomic mass is 10.3. The van der Waals surface area contributed by atoms with Crippen LogP contribution in [0.1, 0.15) is 0 Å². The molecule has 1 aromatic carbocycles. The number of anilines is 2. The Morgan fingerprint density at radius 1 is 1.25 bits per heavy atom. The van der Waals surface area contributed by atoms with Crippen LogP contribution in [-0.4, -0.2) is 29.4 Å². The van der Waals surface area contributed by atoms with E-state index < -0.39 is 4.92 Å². The van der Waals surface area contributed by atoms with Crippen LogP contribution in [0.2, 0.25) is 0 Å². The summed E-state index contributed by atoms with van der Waals surface area (Å²) >= 11 is 1.39. The zero-order valence-corrected chi connectivity index (χ0v) is 12.8. The first-order valence-electron chi connectivity index (χ1n) is 6.82. The summed E-state index contributed by atoms with van der Waals surface area (Å²) in [7, 11) is 0. The Balaban J connectivity index is 1.80. The molecule has 0 spiro atoms. The van der Waals surface area contributed by atoms with Crippen molar-refractivity contribution < 1.29 is 4.92 Å². The Kier molecular flexibility index (Phi) is 3.35. The van der Waals surface area contributed by atoms with Gasteiger partial charge >= 0.3 is 5.69 Å². The fraction of sp³-hybridized carbons (Fsp3) is 0. The minimum absolute atomic E-state index is 0.0813. The second-order valence-corrected chi connectivity index (χ2v) is 5.76. The van der Waals surface area contributed by atoms with Gasteiger partial charge in [-0.2, -0.15) is 0 Å². The molecule has 0 bridgehead atoms. The molecule has 0 fully saturated rings. The van der Waals surface area contributed by atoms with Crippen molar-refractivity contribution in [1.29, 1.82) is 0 Å². The fourth-order valence-electron chi connectivity index (χ4n) is 2.23. The fourth-order valence-corrected chi connectivity index (χ4v) is 3.09. The van der Waals surface area contributed by atoms with Crippen LogP contribution >= 0.6 is 11.3 Å². The van der Waals surface area contributed by atoms with E-state index in [1.54, 1.807) is 6.20 Å². The highest BCUT2D eigenvalue weighted by Gasteiger charge is 2.24. The van der Waals surface area contributed by atoms with Crippen LogP contribution in [0.25, 0.3) is 16.0 Å². The summed E-state index contributed by atoms with van der Waals surface area (Å²) in [5.74, 6) is 0.217. The van der Waals surface area contributed by atoms with Gasteiger partial charge in [0.2, 0.25) is 11.6 Å². The number of benzene rings is 1. The first kappa shape index (κ1) is 14.2. The third kappa shape index (κ3) is 2.44.